The van der Waals surface area contributed by atoms with Crippen LogP contribution in [0.25, 0.3) is 0 Å². The van der Waals surface area contributed by atoms with Gasteiger partial charge in [0.15, 0.2) is 0 Å². The van der Waals surface area contributed by atoms with Gasteiger partial charge in [0.1, 0.15) is 0 Å². The number of hydrogen-bond acceptors (Lipinski definition) is 1. The normalized spacial score (nSPS) is 17.6. The van der Waals surface area contributed by atoms with Crippen molar-refractivity contribution in [3.05, 3.63) is 24.3 Å². The number of carbonyl (C=O) groups excluding carboxylic acids is 1. The van der Waals surface area contributed by atoms with E-state index < -0.39 is 0 Å². The summed E-state index contributed by atoms with van der Waals surface area (Å²) in [6.07, 6.45) is 3.06. The van der Waals surface area contributed by atoms with E-state index in [1.54, 1.807) is 6.92 Å². The highest BCUT2D eigenvalue weighted by atomic mass is 16.2. The second-order valence-electron chi connectivity index (χ2n) is 4.26. The number of rotatable bonds is 3. The smallest absolute Gasteiger partial charge is 0.219 e. The molecule has 2 heteroatoms. The zero-order valence-corrected chi connectivity index (χ0v) is 9.88. The molecule has 0 saturated carbocycles. The summed E-state index contributed by atoms with van der Waals surface area (Å²) in [5, 5.41) is 0. The van der Waals surface area contributed by atoms with Gasteiger partial charge in [0.05, 0.1) is 0 Å². The number of nitrogens with zero attached hydrogens (tertiary/aromatic N) is 1. The van der Waals surface area contributed by atoms with Crippen LogP contribution in [0.3, 0.4) is 0 Å². The molecule has 0 bridgehead atoms. The molecule has 1 aliphatic heterocycles. The van der Waals surface area contributed by atoms with Gasteiger partial charge in [-0.2, -0.15) is 0 Å². The van der Waals surface area contributed by atoms with Crippen LogP contribution in [0.5, 0.6) is 0 Å². The van der Waals surface area contributed by atoms with Crippen molar-refractivity contribution in [1.29, 1.82) is 0 Å². The van der Waals surface area contributed by atoms with Crippen molar-refractivity contribution >= 4 is 5.91 Å². The lowest BCUT2D eigenvalue weighted by Crippen LogP contribution is -2.37. The van der Waals surface area contributed by atoms with Gasteiger partial charge in [-0.05, 0) is 30.8 Å². The van der Waals surface area contributed by atoms with Crippen LogP contribution < -0.4 is 0 Å². The van der Waals surface area contributed by atoms with Gasteiger partial charge in [-0.1, -0.05) is 25.7 Å². The highest BCUT2D eigenvalue weighted by Gasteiger charge is 2.22. The van der Waals surface area contributed by atoms with E-state index in [1.165, 1.54) is 5.57 Å². The standard InChI is InChI=1S/C13H21NO/c1-5-10(2)11(3)13-6-8-14(9-7-13)12(4)15/h13H,2-3,5-9H2,1,4H3. The minimum absolute atomic E-state index is 0.188. The molecule has 0 aliphatic carbocycles. The van der Waals surface area contributed by atoms with Crippen LogP contribution in [-0.4, -0.2) is 23.9 Å². The summed E-state index contributed by atoms with van der Waals surface area (Å²) >= 11 is 0. The number of amides is 1. The van der Waals surface area contributed by atoms with Crippen LogP contribution in [0, 0.1) is 5.92 Å². The number of likely N-dealkylation sites (tertiary alicyclic amines) is 1. The number of allylic oxidation sites excluding steroid dienone is 2. The largest absolute Gasteiger partial charge is 0.343 e. The number of carbonyl (C=O) groups is 1. The maximum atomic E-state index is 11.2. The van der Waals surface area contributed by atoms with Crippen molar-refractivity contribution in [3.63, 3.8) is 0 Å². The fraction of sp³-hybridized carbons (Fsp3) is 0.615. The lowest BCUT2D eigenvalue weighted by atomic mass is 9.85. The molecule has 0 aromatic carbocycles. The molecule has 1 fully saturated rings. The summed E-state index contributed by atoms with van der Waals surface area (Å²) in [5.41, 5.74) is 2.36. The molecule has 1 amide bonds. The monoisotopic (exact) mass is 207 g/mol. The zero-order chi connectivity index (χ0) is 11.4. The fourth-order valence-corrected chi connectivity index (χ4v) is 2.06. The van der Waals surface area contributed by atoms with Crippen LogP contribution in [-0.2, 0) is 4.79 Å². The second-order valence-corrected chi connectivity index (χ2v) is 4.26. The van der Waals surface area contributed by atoms with Gasteiger partial charge >= 0.3 is 0 Å². The molecule has 1 heterocycles. The van der Waals surface area contributed by atoms with Crippen molar-refractivity contribution in [3.8, 4) is 0 Å². The predicted octanol–water partition coefficient (Wildman–Crippen LogP) is 2.77. The number of hydrogen-bond donors (Lipinski definition) is 0. The third-order valence-corrected chi connectivity index (χ3v) is 3.31. The van der Waals surface area contributed by atoms with Crippen molar-refractivity contribution in [1.82, 2.24) is 4.90 Å². The van der Waals surface area contributed by atoms with Gasteiger partial charge in [0.2, 0.25) is 5.91 Å². The Morgan fingerprint density at radius 2 is 1.87 bits per heavy atom. The van der Waals surface area contributed by atoms with Crippen LogP contribution >= 0.6 is 0 Å². The molecule has 1 rings (SSSR count). The zero-order valence-electron chi connectivity index (χ0n) is 9.88. The van der Waals surface area contributed by atoms with E-state index in [-0.39, 0.29) is 5.91 Å². The van der Waals surface area contributed by atoms with Gasteiger partial charge < -0.3 is 4.90 Å². The average Bonchev–Trinajstić information content (AvgIpc) is 2.27. The maximum Gasteiger partial charge on any atom is 0.219 e. The topological polar surface area (TPSA) is 20.3 Å². The Balaban J connectivity index is 2.47. The van der Waals surface area contributed by atoms with E-state index in [2.05, 4.69) is 20.1 Å². The van der Waals surface area contributed by atoms with Gasteiger partial charge in [-0.15, -0.1) is 0 Å². The number of piperidine rings is 1. The van der Waals surface area contributed by atoms with Gasteiger partial charge in [-0.25, -0.2) is 0 Å². The Morgan fingerprint density at radius 1 is 1.33 bits per heavy atom. The van der Waals surface area contributed by atoms with Crippen LogP contribution in [0.2, 0.25) is 0 Å². The van der Waals surface area contributed by atoms with Crippen molar-refractivity contribution < 1.29 is 4.79 Å². The first-order valence-corrected chi connectivity index (χ1v) is 5.68. The Labute approximate surface area is 92.7 Å². The molecule has 0 aromatic rings. The molecule has 84 valence electrons. The third kappa shape index (κ3) is 2.95. The molecule has 0 N–H and O–H groups in total. The SMILES string of the molecule is C=C(CC)C(=C)C1CCN(C(C)=O)CC1. The molecule has 0 radical (unpaired) electrons. The summed E-state index contributed by atoms with van der Waals surface area (Å²) in [5.74, 6) is 0.724. The quantitative estimate of drug-likeness (QED) is 0.652. The average molecular weight is 207 g/mol. The maximum absolute atomic E-state index is 11.2. The lowest BCUT2D eigenvalue weighted by molar-refractivity contribution is -0.130. The van der Waals surface area contributed by atoms with Crippen molar-refractivity contribution in [2.75, 3.05) is 13.1 Å². The Hall–Kier alpha value is -1.05. The Morgan fingerprint density at radius 3 is 2.27 bits per heavy atom. The second kappa shape index (κ2) is 5.15. The first kappa shape index (κ1) is 12.0. The molecular formula is C13H21NO. The molecule has 1 saturated heterocycles. The van der Waals surface area contributed by atoms with Gasteiger partial charge in [-0.3, -0.25) is 4.79 Å². The van der Waals surface area contributed by atoms with Crippen LogP contribution in [0.4, 0.5) is 0 Å². The highest BCUT2D eigenvalue weighted by molar-refractivity contribution is 5.73. The summed E-state index contributed by atoms with van der Waals surface area (Å²) in [6, 6.07) is 0. The predicted molar refractivity (Wildman–Crippen MR) is 63.5 cm³/mol. The molecule has 1 aliphatic rings. The Bertz CT molecular complexity index is 272. The minimum atomic E-state index is 0.188. The third-order valence-electron chi connectivity index (χ3n) is 3.31. The molecule has 0 atom stereocenters. The van der Waals surface area contributed by atoms with E-state index in [0.29, 0.717) is 5.92 Å². The highest BCUT2D eigenvalue weighted by Crippen LogP contribution is 2.28. The van der Waals surface area contributed by atoms with E-state index >= 15 is 0 Å². The van der Waals surface area contributed by atoms with Gasteiger partial charge in [0.25, 0.3) is 0 Å². The summed E-state index contributed by atoms with van der Waals surface area (Å²) < 4.78 is 0. The summed E-state index contributed by atoms with van der Waals surface area (Å²) in [6.45, 7) is 13.6. The van der Waals surface area contributed by atoms with E-state index in [0.717, 1.165) is 37.9 Å². The minimum Gasteiger partial charge on any atom is -0.343 e. The lowest BCUT2D eigenvalue weighted by Gasteiger charge is -2.32. The van der Waals surface area contributed by atoms with Crippen LogP contribution in [0.1, 0.15) is 33.1 Å². The summed E-state index contributed by atoms with van der Waals surface area (Å²) in [7, 11) is 0. The van der Waals surface area contributed by atoms with Crippen molar-refractivity contribution in [2.45, 2.75) is 33.1 Å². The first-order chi connectivity index (χ1) is 7.06. The fourth-order valence-electron chi connectivity index (χ4n) is 2.06. The van der Waals surface area contributed by atoms with E-state index in [1.807, 2.05) is 4.90 Å². The molecular weight excluding hydrogens is 186 g/mol. The van der Waals surface area contributed by atoms with Crippen LogP contribution in [0.15, 0.2) is 24.3 Å². The first-order valence-electron chi connectivity index (χ1n) is 5.68. The molecule has 0 unspecified atom stereocenters. The van der Waals surface area contributed by atoms with Crippen molar-refractivity contribution in [2.24, 2.45) is 5.92 Å². The van der Waals surface area contributed by atoms with E-state index in [4.69, 9.17) is 0 Å². The molecule has 0 spiro atoms. The van der Waals surface area contributed by atoms with Gasteiger partial charge in [0, 0.05) is 20.0 Å². The molecule has 0 aromatic heterocycles. The molecule has 2 nitrogen and oxygen atoms in total. The Kier molecular flexibility index (Phi) is 4.13. The van der Waals surface area contributed by atoms with E-state index in [9.17, 15) is 4.79 Å². The summed E-state index contributed by atoms with van der Waals surface area (Å²) in [4.78, 5) is 13.1. The molecule has 15 heavy (non-hydrogen) atoms.